The third-order valence-corrected chi connectivity index (χ3v) is 3.39. The van der Waals surface area contributed by atoms with E-state index in [1.54, 1.807) is 0 Å². The first-order valence-electron chi connectivity index (χ1n) is 6.61. The van der Waals surface area contributed by atoms with Crippen LogP contribution < -0.4 is 5.32 Å². The Hall–Kier alpha value is -0.650. The molecule has 0 aromatic rings. The number of esters is 1. The van der Waals surface area contributed by atoms with E-state index >= 15 is 0 Å². The summed E-state index contributed by atoms with van der Waals surface area (Å²) in [6.07, 6.45) is 6.01. The molecule has 5 heteroatoms. The molecule has 2 aliphatic rings. The standard InChI is InChI=1S/C10H17NO2.C3H8O2/c1-11-8-4-5-9(12)13-10(8)6-2-3-7-10;1-3(2,4)5/h8,11H,2-7H2,1H3;4-5H,1-2H3. The normalized spacial score (nSPS) is 26.5. The van der Waals surface area contributed by atoms with Crippen LogP contribution in [0.3, 0.4) is 0 Å². The number of likely N-dealkylation sites (N-methyl/N-ethyl adjacent to an activating group) is 1. The van der Waals surface area contributed by atoms with Gasteiger partial charge in [0.2, 0.25) is 0 Å². The van der Waals surface area contributed by atoms with Crippen molar-refractivity contribution in [3.05, 3.63) is 0 Å². The molecule has 0 aromatic heterocycles. The third kappa shape index (κ3) is 4.55. The fraction of sp³-hybridized carbons (Fsp3) is 0.923. The molecule has 5 nitrogen and oxygen atoms in total. The minimum atomic E-state index is -1.50. The van der Waals surface area contributed by atoms with Crippen LogP contribution in [0.1, 0.15) is 52.4 Å². The van der Waals surface area contributed by atoms with Gasteiger partial charge in [-0.25, -0.2) is 0 Å². The first kappa shape index (κ1) is 15.4. The highest BCUT2D eigenvalue weighted by Gasteiger charge is 2.46. The molecule has 0 radical (unpaired) electrons. The van der Waals surface area contributed by atoms with Gasteiger partial charge in [-0.1, -0.05) is 0 Å². The lowest BCUT2D eigenvalue weighted by Crippen LogP contribution is -2.53. The van der Waals surface area contributed by atoms with Gasteiger partial charge >= 0.3 is 5.97 Å². The van der Waals surface area contributed by atoms with Crippen LogP contribution >= 0.6 is 0 Å². The number of rotatable bonds is 1. The van der Waals surface area contributed by atoms with Crippen molar-refractivity contribution in [1.82, 2.24) is 5.32 Å². The van der Waals surface area contributed by atoms with E-state index in [1.807, 2.05) is 7.05 Å². The topological polar surface area (TPSA) is 78.8 Å². The molecule has 1 saturated heterocycles. The molecule has 0 aromatic carbocycles. The van der Waals surface area contributed by atoms with Gasteiger partial charge < -0.3 is 20.3 Å². The molecule has 2 fully saturated rings. The van der Waals surface area contributed by atoms with Crippen molar-refractivity contribution in [3.8, 4) is 0 Å². The van der Waals surface area contributed by atoms with E-state index in [2.05, 4.69) is 5.32 Å². The number of aliphatic hydroxyl groups is 2. The Morgan fingerprint density at radius 1 is 1.33 bits per heavy atom. The zero-order valence-corrected chi connectivity index (χ0v) is 11.5. The van der Waals surface area contributed by atoms with Crippen molar-refractivity contribution < 1.29 is 19.7 Å². The minimum Gasteiger partial charge on any atom is -0.457 e. The Kier molecular flexibility index (Phi) is 5.13. The predicted molar refractivity (Wildman–Crippen MR) is 67.9 cm³/mol. The Labute approximate surface area is 109 Å². The van der Waals surface area contributed by atoms with Crippen molar-refractivity contribution >= 4 is 5.97 Å². The second kappa shape index (κ2) is 5.99. The van der Waals surface area contributed by atoms with E-state index in [-0.39, 0.29) is 11.6 Å². The SMILES string of the molecule is CC(C)(O)O.CNC1CCC(=O)OC12CCCC2. The van der Waals surface area contributed by atoms with Crippen molar-refractivity contribution in [2.45, 2.75) is 69.8 Å². The highest BCUT2D eigenvalue weighted by molar-refractivity contribution is 5.71. The van der Waals surface area contributed by atoms with Gasteiger partial charge in [-0.05, 0) is 53.0 Å². The molecular weight excluding hydrogens is 234 g/mol. The summed E-state index contributed by atoms with van der Waals surface area (Å²) in [5, 5.41) is 19.4. The maximum absolute atomic E-state index is 11.2. The number of hydrogen-bond acceptors (Lipinski definition) is 5. The lowest BCUT2D eigenvalue weighted by Gasteiger charge is -2.40. The molecule has 0 bridgehead atoms. The van der Waals surface area contributed by atoms with Crippen LogP contribution in [-0.4, -0.2) is 40.7 Å². The maximum atomic E-state index is 11.2. The largest absolute Gasteiger partial charge is 0.457 e. The summed E-state index contributed by atoms with van der Waals surface area (Å²) in [6, 6.07) is 0.382. The minimum absolute atomic E-state index is 0.00611. The molecule has 1 heterocycles. The van der Waals surface area contributed by atoms with Crippen molar-refractivity contribution in [2.75, 3.05) is 7.05 Å². The molecule has 18 heavy (non-hydrogen) atoms. The summed E-state index contributed by atoms with van der Waals surface area (Å²) in [4.78, 5) is 11.2. The molecule has 3 N–H and O–H groups in total. The van der Waals surface area contributed by atoms with Crippen molar-refractivity contribution in [3.63, 3.8) is 0 Å². The monoisotopic (exact) mass is 259 g/mol. The second-order valence-corrected chi connectivity index (χ2v) is 5.62. The number of hydrogen-bond donors (Lipinski definition) is 3. The summed E-state index contributed by atoms with van der Waals surface area (Å²) in [5.41, 5.74) is -0.149. The Morgan fingerprint density at radius 3 is 2.28 bits per heavy atom. The van der Waals surface area contributed by atoms with Gasteiger partial charge in [-0.3, -0.25) is 4.79 Å². The first-order chi connectivity index (χ1) is 8.27. The zero-order chi connectivity index (χ0) is 13.8. The first-order valence-corrected chi connectivity index (χ1v) is 6.61. The summed E-state index contributed by atoms with van der Waals surface area (Å²) >= 11 is 0. The van der Waals surface area contributed by atoms with Crippen LogP contribution in [0.4, 0.5) is 0 Å². The molecular formula is C13H25NO4. The summed E-state index contributed by atoms with van der Waals surface area (Å²) in [6.45, 7) is 2.60. The molecule has 1 saturated carbocycles. The second-order valence-electron chi connectivity index (χ2n) is 5.62. The van der Waals surface area contributed by atoms with E-state index in [0.29, 0.717) is 12.5 Å². The van der Waals surface area contributed by atoms with Gasteiger partial charge in [0.25, 0.3) is 0 Å². The predicted octanol–water partition coefficient (Wildman–Crippen LogP) is 0.931. The zero-order valence-electron chi connectivity index (χ0n) is 11.5. The van der Waals surface area contributed by atoms with Crippen LogP contribution in [0, 0.1) is 0 Å². The van der Waals surface area contributed by atoms with E-state index in [4.69, 9.17) is 14.9 Å². The van der Waals surface area contributed by atoms with Crippen molar-refractivity contribution in [1.29, 1.82) is 0 Å². The summed E-state index contributed by atoms with van der Waals surface area (Å²) < 4.78 is 5.54. The van der Waals surface area contributed by atoms with Gasteiger partial charge in [0.05, 0.1) is 0 Å². The van der Waals surface area contributed by atoms with E-state index in [1.165, 1.54) is 26.7 Å². The highest BCUT2D eigenvalue weighted by Crippen LogP contribution is 2.40. The van der Waals surface area contributed by atoms with Crippen LogP contribution in [0.15, 0.2) is 0 Å². The lowest BCUT2D eigenvalue weighted by molar-refractivity contribution is -0.170. The number of carbonyl (C=O) groups is 1. The maximum Gasteiger partial charge on any atom is 0.306 e. The summed E-state index contributed by atoms with van der Waals surface area (Å²) in [5.74, 6) is -1.51. The van der Waals surface area contributed by atoms with E-state index in [0.717, 1.165) is 19.3 Å². The molecule has 1 aliphatic carbocycles. The van der Waals surface area contributed by atoms with Gasteiger partial charge in [0.1, 0.15) is 5.60 Å². The molecule has 1 unspecified atom stereocenters. The van der Waals surface area contributed by atoms with Gasteiger partial charge in [-0.15, -0.1) is 0 Å². The average molecular weight is 259 g/mol. The van der Waals surface area contributed by atoms with Gasteiger partial charge in [0.15, 0.2) is 5.79 Å². The van der Waals surface area contributed by atoms with Crippen molar-refractivity contribution in [2.24, 2.45) is 0 Å². The molecule has 1 spiro atoms. The lowest BCUT2D eigenvalue weighted by atomic mass is 9.86. The molecule has 0 amide bonds. The smallest absolute Gasteiger partial charge is 0.306 e. The molecule has 1 atom stereocenters. The van der Waals surface area contributed by atoms with E-state index < -0.39 is 5.79 Å². The fourth-order valence-corrected chi connectivity index (χ4v) is 2.71. The van der Waals surface area contributed by atoms with Gasteiger partial charge in [-0.2, -0.15) is 0 Å². The van der Waals surface area contributed by atoms with E-state index in [9.17, 15) is 4.79 Å². The highest BCUT2D eigenvalue weighted by atomic mass is 16.6. The molecule has 2 rings (SSSR count). The number of carbonyl (C=O) groups excluding carboxylic acids is 1. The van der Waals surface area contributed by atoms with Gasteiger partial charge in [0, 0.05) is 12.5 Å². The average Bonchev–Trinajstić information content (AvgIpc) is 2.64. The fourth-order valence-electron chi connectivity index (χ4n) is 2.71. The van der Waals surface area contributed by atoms with Crippen LogP contribution in [-0.2, 0) is 9.53 Å². The summed E-state index contributed by atoms with van der Waals surface area (Å²) in [7, 11) is 1.96. The number of ether oxygens (including phenoxy) is 1. The number of nitrogens with one attached hydrogen (secondary N) is 1. The Balaban J connectivity index is 0.000000280. The van der Waals surface area contributed by atoms with Crippen LogP contribution in [0.2, 0.25) is 0 Å². The molecule has 1 aliphatic heterocycles. The molecule has 106 valence electrons. The Bertz CT molecular complexity index is 273. The Morgan fingerprint density at radius 2 is 1.83 bits per heavy atom. The van der Waals surface area contributed by atoms with Crippen LogP contribution in [0.5, 0.6) is 0 Å². The quantitative estimate of drug-likeness (QED) is 0.482. The third-order valence-electron chi connectivity index (χ3n) is 3.39. The van der Waals surface area contributed by atoms with Crippen LogP contribution in [0.25, 0.3) is 0 Å².